The number of benzene rings is 3. The SMILES string of the molecule is Cc1ccc([C@@H](C)NC(=O)c2ccc(CN(c3ccccc3)S(C)(=O)=O)cc2)cc1C. The van der Waals surface area contributed by atoms with Gasteiger partial charge in [0.05, 0.1) is 24.5 Å². The first-order valence-electron chi connectivity index (χ1n) is 10.1. The molecule has 0 saturated carbocycles. The predicted octanol–water partition coefficient (Wildman–Crippen LogP) is 4.76. The van der Waals surface area contributed by atoms with Crippen molar-refractivity contribution < 1.29 is 13.2 Å². The van der Waals surface area contributed by atoms with Gasteiger partial charge in [-0.25, -0.2) is 8.42 Å². The minimum absolute atomic E-state index is 0.120. The third-order valence-electron chi connectivity index (χ3n) is 5.37. The van der Waals surface area contributed by atoms with Crippen molar-refractivity contribution in [3.63, 3.8) is 0 Å². The lowest BCUT2D eigenvalue weighted by Gasteiger charge is -2.22. The van der Waals surface area contributed by atoms with Crippen molar-refractivity contribution in [1.29, 1.82) is 0 Å². The molecule has 0 bridgehead atoms. The Balaban J connectivity index is 1.71. The Labute approximate surface area is 184 Å². The molecule has 31 heavy (non-hydrogen) atoms. The van der Waals surface area contributed by atoms with Crippen LogP contribution in [0.4, 0.5) is 5.69 Å². The molecule has 0 aromatic heterocycles. The number of carbonyl (C=O) groups excluding carboxylic acids is 1. The van der Waals surface area contributed by atoms with Crippen molar-refractivity contribution in [3.05, 3.63) is 101 Å². The summed E-state index contributed by atoms with van der Waals surface area (Å²) in [6.45, 7) is 6.28. The molecule has 162 valence electrons. The highest BCUT2D eigenvalue weighted by Crippen LogP contribution is 2.21. The molecule has 0 fully saturated rings. The summed E-state index contributed by atoms with van der Waals surface area (Å²) in [6, 6.07) is 22.1. The van der Waals surface area contributed by atoms with Crippen LogP contribution in [0.2, 0.25) is 0 Å². The molecule has 3 aromatic carbocycles. The fourth-order valence-electron chi connectivity index (χ4n) is 3.32. The summed E-state index contributed by atoms with van der Waals surface area (Å²) < 4.78 is 25.9. The molecule has 0 aliphatic rings. The van der Waals surface area contributed by atoms with Gasteiger partial charge in [0.2, 0.25) is 10.0 Å². The largest absolute Gasteiger partial charge is 0.346 e. The third-order valence-corrected chi connectivity index (χ3v) is 6.51. The average Bonchev–Trinajstić information content (AvgIpc) is 2.74. The zero-order chi connectivity index (χ0) is 22.6. The molecule has 6 heteroatoms. The molecule has 0 aliphatic heterocycles. The average molecular weight is 437 g/mol. The van der Waals surface area contributed by atoms with E-state index in [1.54, 1.807) is 48.5 Å². The van der Waals surface area contributed by atoms with Gasteiger partial charge >= 0.3 is 0 Å². The van der Waals surface area contributed by atoms with Crippen LogP contribution >= 0.6 is 0 Å². The third kappa shape index (κ3) is 5.73. The Morgan fingerprint density at radius 2 is 1.58 bits per heavy atom. The van der Waals surface area contributed by atoms with E-state index in [-0.39, 0.29) is 18.5 Å². The summed E-state index contributed by atoms with van der Waals surface area (Å²) in [5.41, 5.74) is 5.40. The maximum atomic E-state index is 12.7. The molecule has 0 spiro atoms. The minimum Gasteiger partial charge on any atom is -0.346 e. The fourth-order valence-corrected chi connectivity index (χ4v) is 4.21. The number of carbonyl (C=O) groups is 1. The van der Waals surface area contributed by atoms with Gasteiger partial charge in [0, 0.05) is 5.56 Å². The summed E-state index contributed by atoms with van der Waals surface area (Å²) in [5.74, 6) is -0.166. The van der Waals surface area contributed by atoms with Gasteiger partial charge in [0.15, 0.2) is 0 Å². The van der Waals surface area contributed by atoms with Crippen molar-refractivity contribution in [3.8, 4) is 0 Å². The summed E-state index contributed by atoms with van der Waals surface area (Å²) in [5, 5.41) is 3.02. The second-order valence-electron chi connectivity index (χ2n) is 7.84. The normalized spacial score (nSPS) is 12.3. The zero-order valence-electron chi connectivity index (χ0n) is 18.3. The topological polar surface area (TPSA) is 66.5 Å². The molecule has 3 aromatic rings. The fraction of sp³-hybridized carbons (Fsp3) is 0.240. The molecule has 1 atom stereocenters. The van der Waals surface area contributed by atoms with Crippen LogP contribution < -0.4 is 9.62 Å². The maximum absolute atomic E-state index is 12.7. The van der Waals surface area contributed by atoms with Crippen LogP contribution in [0.3, 0.4) is 0 Å². The lowest BCUT2D eigenvalue weighted by molar-refractivity contribution is 0.0940. The van der Waals surface area contributed by atoms with E-state index >= 15 is 0 Å². The van der Waals surface area contributed by atoms with Crippen LogP contribution in [0, 0.1) is 13.8 Å². The first kappa shape index (κ1) is 22.6. The molecule has 0 radical (unpaired) electrons. The molecule has 0 saturated heterocycles. The van der Waals surface area contributed by atoms with Crippen LogP contribution in [-0.4, -0.2) is 20.6 Å². The summed E-state index contributed by atoms with van der Waals surface area (Å²) in [6.07, 6.45) is 1.19. The number of aryl methyl sites for hydroxylation is 2. The highest BCUT2D eigenvalue weighted by Gasteiger charge is 2.18. The molecule has 5 nitrogen and oxygen atoms in total. The van der Waals surface area contributed by atoms with Crippen LogP contribution in [0.15, 0.2) is 72.8 Å². The second-order valence-corrected chi connectivity index (χ2v) is 9.75. The lowest BCUT2D eigenvalue weighted by Crippen LogP contribution is -2.29. The van der Waals surface area contributed by atoms with Crippen LogP contribution in [-0.2, 0) is 16.6 Å². The minimum atomic E-state index is -3.44. The number of hydrogen-bond acceptors (Lipinski definition) is 3. The highest BCUT2D eigenvalue weighted by molar-refractivity contribution is 7.92. The van der Waals surface area contributed by atoms with Gasteiger partial charge in [-0.15, -0.1) is 0 Å². The van der Waals surface area contributed by atoms with Gasteiger partial charge in [-0.2, -0.15) is 0 Å². The van der Waals surface area contributed by atoms with E-state index in [0.717, 1.165) is 11.1 Å². The van der Waals surface area contributed by atoms with Crippen molar-refractivity contribution in [2.75, 3.05) is 10.6 Å². The first-order chi connectivity index (χ1) is 14.6. The van der Waals surface area contributed by atoms with Crippen molar-refractivity contribution in [1.82, 2.24) is 5.32 Å². The van der Waals surface area contributed by atoms with Crippen LogP contribution in [0.1, 0.15) is 45.6 Å². The highest BCUT2D eigenvalue weighted by atomic mass is 32.2. The second kappa shape index (κ2) is 9.35. The molecular weight excluding hydrogens is 408 g/mol. The number of nitrogens with one attached hydrogen (secondary N) is 1. The number of anilines is 1. The number of sulfonamides is 1. The molecule has 0 aliphatic carbocycles. The van der Waals surface area contributed by atoms with Crippen LogP contribution in [0.5, 0.6) is 0 Å². The van der Waals surface area contributed by atoms with Crippen molar-refractivity contribution in [2.24, 2.45) is 0 Å². The molecule has 0 unspecified atom stereocenters. The Hall–Kier alpha value is -3.12. The van der Waals surface area contributed by atoms with Crippen molar-refractivity contribution >= 4 is 21.6 Å². The van der Waals surface area contributed by atoms with E-state index in [1.807, 2.05) is 19.1 Å². The molecule has 1 amide bonds. The molecular formula is C25H28N2O3S. The predicted molar refractivity (Wildman–Crippen MR) is 126 cm³/mol. The Bertz CT molecular complexity index is 1160. The lowest BCUT2D eigenvalue weighted by atomic mass is 10.0. The van der Waals surface area contributed by atoms with Gasteiger partial charge in [-0.1, -0.05) is 48.5 Å². The van der Waals surface area contributed by atoms with Crippen molar-refractivity contribution in [2.45, 2.75) is 33.4 Å². The van der Waals surface area contributed by atoms with Gasteiger partial charge in [-0.05, 0) is 67.3 Å². The quantitative estimate of drug-likeness (QED) is 0.581. The Morgan fingerprint density at radius 1 is 0.935 bits per heavy atom. The van der Waals surface area contributed by atoms with E-state index in [9.17, 15) is 13.2 Å². The first-order valence-corrected chi connectivity index (χ1v) is 12.0. The molecule has 1 N–H and O–H groups in total. The summed E-state index contributed by atoms with van der Waals surface area (Å²) in [4.78, 5) is 12.7. The van der Waals surface area contributed by atoms with E-state index in [1.165, 1.54) is 21.7 Å². The molecule has 0 heterocycles. The van der Waals surface area contributed by atoms with Gasteiger partial charge in [-0.3, -0.25) is 9.10 Å². The zero-order valence-corrected chi connectivity index (χ0v) is 19.1. The summed E-state index contributed by atoms with van der Waals surface area (Å²) in [7, 11) is -3.44. The Kier molecular flexibility index (Phi) is 6.81. The monoisotopic (exact) mass is 436 g/mol. The number of para-hydroxylation sites is 1. The van der Waals surface area contributed by atoms with Gasteiger partial charge in [0.1, 0.15) is 0 Å². The smallest absolute Gasteiger partial charge is 0.251 e. The van der Waals surface area contributed by atoms with Gasteiger partial charge < -0.3 is 5.32 Å². The van der Waals surface area contributed by atoms with E-state index in [0.29, 0.717) is 11.3 Å². The standard InChI is InChI=1S/C25H28N2O3S/c1-18-10-13-23(16-19(18)2)20(3)26-25(28)22-14-11-21(12-15-22)17-27(31(4,29)30)24-8-6-5-7-9-24/h5-16,20H,17H2,1-4H3,(H,26,28)/t20-/m1/s1. The van der Waals surface area contributed by atoms with Gasteiger partial charge in [0.25, 0.3) is 5.91 Å². The Morgan fingerprint density at radius 3 is 2.16 bits per heavy atom. The summed E-state index contributed by atoms with van der Waals surface area (Å²) >= 11 is 0. The van der Waals surface area contributed by atoms with E-state index in [2.05, 4.69) is 31.3 Å². The number of hydrogen-bond donors (Lipinski definition) is 1. The van der Waals surface area contributed by atoms with E-state index < -0.39 is 10.0 Å². The molecule has 3 rings (SSSR count). The van der Waals surface area contributed by atoms with Crippen LogP contribution in [0.25, 0.3) is 0 Å². The number of rotatable bonds is 7. The number of nitrogens with zero attached hydrogens (tertiary/aromatic N) is 1. The number of amides is 1. The van der Waals surface area contributed by atoms with E-state index in [4.69, 9.17) is 0 Å². The maximum Gasteiger partial charge on any atom is 0.251 e.